The standard InChI is InChI=1S/C17H17NO4/c1-18(2)16(19)12-21-17(20)13-7-6-10-15(11-13)22-14-8-4-3-5-9-14/h3-11H,12H2,1-2H3. The van der Waals surface area contributed by atoms with Gasteiger partial charge in [-0.25, -0.2) is 4.79 Å². The van der Waals surface area contributed by atoms with Crippen LogP contribution in [0.5, 0.6) is 11.5 Å². The van der Waals surface area contributed by atoms with Gasteiger partial charge in [-0.15, -0.1) is 0 Å². The zero-order valence-electron chi connectivity index (χ0n) is 12.5. The fourth-order valence-corrected chi connectivity index (χ4v) is 1.65. The van der Waals surface area contributed by atoms with Crippen LogP contribution in [0.1, 0.15) is 10.4 Å². The molecule has 2 aromatic rings. The minimum absolute atomic E-state index is 0.273. The van der Waals surface area contributed by atoms with Crippen molar-refractivity contribution in [2.24, 2.45) is 0 Å². The second-order valence-electron chi connectivity index (χ2n) is 4.81. The normalized spacial score (nSPS) is 9.91. The molecule has 0 heterocycles. The molecule has 0 radical (unpaired) electrons. The second-order valence-corrected chi connectivity index (χ2v) is 4.81. The molecule has 5 nitrogen and oxygen atoms in total. The maximum atomic E-state index is 11.9. The Morgan fingerprint density at radius 2 is 1.64 bits per heavy atom. The maximum Gasteiger partial charge on any atom is 0.338 e. The van der Waals surface area contributed by atoms with Gasteiger partial charge in [0.2, 0.25) is 0 Å². The summed E-state index contributed by atoms with van der Waals surface area (Å²) in [6.07, 6.45) is 0. The minimum atomic E-state index is -0.561. The van der Waals surface area contributed by atoms with Gasteiger partial charge in [0.25, 0.3) is 5.91 Å². The number of rotatable bonds is 5. The molecule has 114 valence electrons. The van der Waals surface area contributed by atoms with E-state index in [0.717, 1.165) is 0 Å². The fraction of sp³-hybridized carbons (Fsp3) is 0.176. The molecular weight excluding hydrogens is 282 g/mol. The summed E-state index contributed by atoms with van der Waals surface area (Å²) < 4.78 is 10.6. The molecule has 2 rings (SSSR count). The van der Waals surface area contributed by atoms with Gasteiger partial charge in [-0.1, -0.05) is 24.3 Å². The Bertz CT molecular complexity index is 653. The summed E-state index contributed by atoms with van der Waals surface area (Å²) in [5.41, 5.74) is 0.333. The van der Waals surface area contributed by atoms with Crippen molar-refractivity contribution in [3.63, 3.8) is 0 Å². The molecule has 2 aromatic carbocycles. The van der Waals surface area contributed by atoms with E-state index in [-0.39, 0.29) is 12.5 Å². The van der Waals surface area contributed by atoms with Gasteiger partial charge in [0.05, 0.1) is 5.56 Å². The number of likely N-dealkylation sites (N-methyl/N-ethyl adjacent to an activating group) is 1. The third-order valence-corrected chi connectivity index (χ3v) is 2.87. The number of hydrogen-bond donors (Lipinski definition) is 0. The highest BCUT2D eigenvalue weighted by atomic mass is 16.5. The van der Waals surface area contributed by atoms with Gasteiger partial charge < -0.3 is 14.4 Å². The first-order valence-electron chi connectivity index (χ1n) is 6.76. The van der Waals surface area contributed by atoms with E-state index in [1.54, 1.807) is 38.4 Å². The predicted molar refractivity (Wildman–Crippen MR) is 81.9 cm³/mol. The van der Waals surface area contributed by atoms with Gasteiger partial charge in [-0.3, -0.25) is 4.79 Å². The number of hydrogen-bond acceptors (Lipinski definition) is 4. The van der Waals surface area contributed by atoms with E-state index in [2.05, 4.69) is 0 Å². The molecule has 5 heteroatoms. The van der Waals surface area contributed by atoms with Gasteiger partial charge >= 0.3 is 5.97 Å². The van der Waals surface area contributed by atoms with Crippen LogP contribution < -0.4 is 4.74 Å². The lowest BCUT2D eigenvalue weighted by molar-refractivity contribution is -0.131. The Hall–Kier alpha value is -2.82. The lowest BCUT2D eigenvalue weighted by atomic mass is 10.2. The lowest BCUT2D eigenvalue weighted by Gasteiger charge is -2.11. The molecule has 0 spiro atoms. The first-order chi connectivity index (χ1) is 10.6. The van der Waals surface area contributed by atoms with Crippen molar-refractivity contribution in [3.8, 4) is 11.5 Å². The van der Waals surface area contributed by atoms with Gasteiger partial charge in [-0.05, 0) is 30.3 Å². The van der Waals surface area contributed by atoms with Crippen LogP contribution in [0.25, 0.3) is 0 Å². The van der Waals surface area contributed by atoms with Crippen LogP contribution in [0, 0.1) is 0 Å². The lowest BCUT2D eigenvalue weighted by Crippen LogP contribution is -2.27. The van der Waals surface area contributed by atoms with Gasteiger partial charge in [0.1, 0.15) is 11.5 Å². The van der Waals surface area contributed by atoms with E-state index in [1.807, 2.05) is 30.3 Å². The first kappa shape index (κ1) is 15.6. The van der Waals surface area contributed by atoms with E-state index < -0.39 is 5.97 Å². The summed E-state index contributed by atoms with van der Waals surface area (Å²) in [7, 11) is 3.20. The van der Waals surface area contributed by atoms with Crippen molar-refractivity contribution in [2.75, 3.05) is 20.7 Å². The zero-order chi connectivity index (χ0) is 15.9. The number of ether oxygens (including phenoxy) is 2. The monoisotopic (exact) mass is 299 g/mol. The fourth-order valence-electron chi connectivity index (χ4n) is 1.65. The number of carbonyl (C=O) groups is 2. The Morgan fingerprint density at radius 1 is 0.955 bits per heavy atom. The molecule has 0 saturated carbocycles. The van der Waals surface area contributed by atoms with Crippen LogP contribution in [0.4, 0.5) is 0 Å². The quantitative estimate of drug-likeness (QED) is 0.797. The molecule has 0 aromatic heterocycles. The van der Waals surface area contributed by atoms with Crippen molar-refractivity contribution >= 4 is 11.9 Å². The smallest absolute Gasteiger partial charge is 0.338 e. The van der Waals surface area contributed by atoms with Crippen LogP contribution in [-0.2, 0) is 9.53 Å². The van der Waals surface area contributed by atoms with Crippen LogP contribution in [0.15, 0.2) is 54.6 Å². The van der Waals surface area contributed by atoms with Gasteiger partial charge in [0, 0.05) is 14.1 Å². The zero-order valence-corrected chi connectivity index (χ0v) is 12.5. The van der Waals surface area contributed by atoms with Crippen LogP contribution in [-0.4, -0.2) is 37.5 Å². The third-order valence-electron chi connectivity index (χ3n) is 2.87. The summed E-state index contributed by atoms with van der Waals surface area (Å²) in [5.74, 6) is 0.370. The van der Waals surface area contributed by atoms with E-state index in [0.29, 0.717) is 17.1 Å². The van der Waals surface area contributed by atoms with E-state index in [4.69, 9.17) is 9.47 Å². The van der Waals surface area contributed by atoms with Crippen molar-refractivity contribution in [2.45, 2.75) is 0 Å². The van der Waals surface area contributed by atoms with Crippen LogP contribution >= 0.6 is 0 Å². The average molecular weight is 299 g/mol. The maximum absolute atomic E-state index is 11.9. The molecule has 0 saturated heterocycles. The molecule has 0 unspecified atom stereocenters. The molecule has 1 amide bonds. The summed E-state index contributed by atoms with van der Waals surface area (Å²) in [6, 6.07) is 15.9. The molecular formula is C17H17NO4. The van der Waals surface area contributed by atoms with Crippen LogP contribution in [0.3, 0.4) is 0 Å². The summed E-state index contributed by atoms with van der Waals surface area (Å²) in [6.45, 7) is -0.282. The van der Waals surface area contributed by atoms with Gasteiger partial charge in [0.15, 0.2) is 6.61 Å². The molecule has 0 aliphatic rings. The Kier molecular flexibility index (Phi) is 5.14. The second kappa shape index (κ2) is 7.26. The van der Waals surface area contributed by atoms with Crippen molar-refractivity contribution in [1.82, 2.24) is 4.90 Å². The summed E-state index contributed by atoms with van der Waals surface area (Å²) in [5, 5.41) is 0. The molecule has 0 fully saturated rings. The topological polar surface area (TPSA) is 55.8 Å². The number of para-hydroxylation sites is 1. The molecule has 0 bridgehead atoms. The molecule has 22 heavy (non-hydrogen) atoms. The molecule has 0 atom stereocenters. The number of benzene rings is 2. The van der Waals surface area contributed by atoms with E-state index in [9.17, 15) is 9.59 Å². The predicted octanol–water partition coefficient (Wildman–Crippen LogP) is 2.72. The van der Waals surface area contributed by atoms with E-state index in [1.165, 1.54) is 4.90 Å². The SMILES string of the molecule is CN(C)C(=O)COC(=O)c1cccc(Oc2ccccc2)c1. The van der Waals surface area contributed by atoms with Crippen LogP contribution in [0.2, 0.25) is 0 Å². The first-order valence-corrected chi connectivity index (χ1v) is 6.76. The molecule has 0 aliphatic carbocycles. The van der Waals surface area contributed by atoms with Gasteiger partial charge in [-0.2, -0.15) is 0 Å². The Balaban J connectivity index is 2.01. The number of nitrogens with zero attached hydrogens (tertiary/aromatic N) is 1. The largest absolute Gasteiger partial charge is 0.457 e. The van der Waals surface area contributed by atoms with Crippen molar-refractivity contribution in [3.05, 3.63) is 60.2 Å². The van der Waals surface area contributed by atoms with Crippen molar-refractivity contribution in [1.29, 1.82) is 0 Å². The van der Waals surface area contributed by atoms with Crippen molar-refractivity contribution < 1.29 is 19.1 Å². The number of esters is 1. The minimum Gasteiger partial charge on any atom is -0.457 e. The summed E-state index contributed by atoms with van der Waals surface area (Å²) >= 11 is 0. The number of carbonyl (C=O) groups excluding carboxylic acids is 2. The Labute approximate surface area is 129 Å². The molecule has 0 aliphatic heterocycles. The average Bonchev–Trinajstić information content (AvgIpc) is 2.53. The summed E-state index contributed by atoms with van der Waals surface area (Å²) in [4.78, 5) is 24.7. The number of amides is 1. The molecule has 0 N–H and O–H groups in total. The highest BCUT2D eigenvalue weighted by molar-refractivity contribution is 5.91. The Morgan fingerprint density at radius 3 is 2.32 bits per heavy atom. The van der Waals surface area contributed by atoms with E-state index >= 15 is 0 Å². The highest BCUT2D eigenvalue weighted by Crippen LogP contribution is 2.22. The third kappa shape index (κ3) is 4.34. The highest BCUT2D eigenvalue weighted by Gasteiger charge is 2.12.